The third kappa shape index (κ3) is 3.63. The van der Waals surface area contributed by atoms with Crippen molar-refractivity contribution in [1.29, 1.82) is 0 Å². The largest absolute Gasteiger partial charge is 0.507 e. The summed E-state index contributed by atoms with van der Waals surface area (Å²) >= 11 is 5.76. The van der Waals surface area contributed by atoms with Gasteiger partial charge in [-0.05, 0) is 43.9 Å². The zero-order valence-corrected chi connectivity index (χ0v) is 11.9. The quantitative estimate of drug-likeness (QED) is 0.887. The average molecular weight is 282 g/mol. The fourth-order valence-electron chi connectivity index (χ4n) is 2.73. The van der Waals surface area contributed by atoms with Crippen LogP contribution in [-0.4, -0.2) is 17.1 Å². The van der Waals surface area contributed by atoms with Crippen LogP contribution >= 0.6 is 11.6 Å². The minimum absolute atomic E-state index is 0.0687. The van der Waals surface area contributed by atoms with Crippen LogP contribution in [0.4, 0.5) is 0 Å². The number of carbonyl (C=O) groups excluding carboxylic acids is 1. The molecule has 0 aromatic heterocycles. The van der Waals surface area contributed by atoms with Crippen LogP contribution in [0.5, 0.6) is 5.75 Å². The molecule has 0 heterocycles. The fourth-order valence-corrected chi connectivity index (χ4v) is 2.90. The van der Waals surface area contributed by atoms with Gasteiger partial charge >= 0.3 is 0 Å². The van der Waals surface area contributed by atoms with Gasteiger partial charge in [-0.25, -0.2) is 0 Å². The highest BCUT2D eigenvalue weighted by molar-refractivity contribution is 6.30. The molecule has 1 aromatic rings. The Morgan fingerprint density at radius 1 is 1.37 bits per heavy atom. The first-order valence-electron chi connectivity index (χ1n) is 6.87. The summed E-state index contributed by atoms with van der Waals surface area (Å²) < 4.78 is 0. The Labute approximate surface area is 119 Å². The van der Waals surface area contributed by atoms with Gasteiger partial charge in [0.05, 0.1) is 5.56 Å². The Hall–Kier alpha value is -1.22. The maximum atomic E-state index is 12.1. The molecule has 1 saturated carbocycles. The van der Waals surface area contributed by atoms with Crippen molar-refractivity contribution in [2.75, 3.05) is 0 Å². The number of halogens is 1. The second-order valence-electron chi connectivity index (χ2n) is 5.32. The Bertz CT molecular complexity index is 455. The van der Waals surface area contributed by atoms with Gasteiger partial charge in [-0.1, -0.05) is 30.9 Å². The standard InChI is InChI=1S/C15H20ClNO2/c1-10(11-5-3-2-4-6-11)17-15(19)13-8-7-12(16)9-14(13)18/h7-11,18H,2-6H2,1H3,(H,17,19). The monoisotopic (exact) mass is 281 g/mol. The molecule has 104 valence electrons. The van der Waals surface area contributed by atoms with Crippen molar-refractivity contribution in [2.45, 2.75) is 45.1 Å². The van der Waals surface area contributed by atoms with Crippen LogP contribution in [0.3, 0.4) is 0 Å². The van der Waals surface area contributed by atoms with E-state index in [9.17, 15) is 9.90 Å². The molecular formula is C15H20ClNO2. The minimum atomic E-state index is -0.229. The lowest BCUT2D eigenvalue weighted by atomic mass is 9.84. The molecule has 1 unspecified atom stereocenters. The van der Waals surface area contributed by atoms with Crippen molar-refractivity contribution in [1.82, 2.24) is 5.32 Å². The van der Waals surface area contributed by atoms with Crippen LogP contribution in [0.25, 0.3) is 0 Å². The van der Waals surface area contributed by atoms with Crippen LogP contribution in [0.1, 0.15) is 49.4 Å². The number of phenols is 1. The summed E-state index contributed by atoms with van der Waals surface area (Å²) in [5.41, 5.74) is 0.284. The van der Waals surface area contributed by atoms with Gasteiger partial charge in [-0.2, -0.15) is 0 Å². The average Bonchev–Trinajstić information content (AvgIpc) is 2.39. The lowest BCUT2D eigenvalue weighted by Crippen LogP contribution is -2.38. The summed E-state index contributed by atoms with van der Waals surface area (Å²) in [5.74, 6) is 0.250. The van der Waals surface area contributed by atoms with Crippen molar-refractivity contribution < 1.29 is 9.90 Å². The molecule has 1 amide bonds. The number of amides is 1. The van der Waals surface area contributed by atoms with Crippen molar-refractivity contribution in [3.05, 3.63) is 28.8 Å². The third-order valence-electron chi connectivity index (χ3n) is 3.92. The number of hydrogen-bond acceptors (Lipinski definition) is 2. The normalized spacial score (nSPS) is 18.0. The van der Waals surface area contributed by atoms with Crippen molar-refractivity contribution >= 4 is 17.5 Å². The summed E-state index contributed by atoms with van der Waals surface area (Å²) in [6, 6.07) is 4.70. The van der Waals surface area contributed by atoms with Gasteiger partial charge in [0, 0.05) is 11.1 Å². The topological polar surface area (TPSA) is 49.3 Å². The molecule has 2 rings (SSSR count). The highest BCUT2D eigenvalue weighted by atomic mass is 35.5. The number of benzene rings is 1. The molecule has 1 fully saturated rings. The second kappa shape index (κ2) is 6.29. The maximum Gasteiger partial charge on any atom is 0.255 e. The van der Waals surface area contributed by atoms with E-state index in [2.05, 4.69) is 5.32 Å². The van der Waals surface area contributed by atoms with E-state index in [0.29, 0.717) is 10.9 Å². The van der Waals surface area contributed by atoms with E-state index in [0.717, 1.165) is 0 Å². The van der Waals surface area contributed by atoms with Crippen LogP contribution in [-0.2, 0) is 0 Å². The zero-order valence-electron chi connectivity index (χ0n) is 11.2. The first kappa shape index (κ1) is 14.2. The molecule has 0 spiro atoms. The number of carbonyl (C=O) groups is 1. The maximum absolute atomic E-state index is 12.1. The molecule has 1 aliphatic carbocycles. The predicted octanol–water partition coefficient (Wildman–Crippen LogP) is 3.74. The predicted molar refractivity (Wildman–Crippen MR) is 76.6 cm³/mol. The molecule has 0 radical (unpaired) electrons. The number of hydrogen-bond donors (Lipinski definition) is 2. The van der Waals surface area contributed by atoms with E-state index in [4.69, 9.17) is 11.6 Å². The Kier molecular flexibility index (Phi) is 4.70. The van der Waals surface area contributed by atoms with E-state index in [1.54, 1.807) is 12.1 Å². The lowest BCUT2D eigenvalue weighted by molar-refractivity contribution is 0.0916. The van der Waals surface area contributed by atoms with E-state index < -0.39 is 0 Å². The van der Waals surface area contributed by atoms with E-state index >= 15 is 0 Å². The molecule has 19 heavy (non-hydrogen) atoms. The first-order chi connectivity index (χ1) is 9.08. The molecule has 4 heteroatoms. The van der Waals surface area contributed by atoms with Gasteiger partial charge in [-0.15, -0.1) is 0 Å². The van der Waals surface area contributed by atoms with E-state index in [1.807, 2.05) is 6.92 Å². The summed E-state index contributed by atoms with van der Waals surface area (Å²) in [6.07, 6.45) is 6.14. The van der Waals surface area contributed by atoms with Crippen LogP contribution in [0.2, 0.25) is 5.02 Å². The third-order valence-corrected chi connectivity index (χ3v) is 4.16. The number of phenolic OH excluding ortho intramolecular Hbond substituents is 1. The molecule has 1 atom stereocenters. The second-order valence-corrected chi connectivity index (χ2v) is 5.76. The molecule has 0 aliphatic heterocycles. The number of nitrogens with one attached hydrogen (secondary N) is 1. The Morgan fingerprint density at radius 2 is 2.05 bits per heavy atom. The molecule has 3 nitrogen and oxygen atoms in total. The molecule has 1 aromatic carbocycles. The zero-order chi connectivity index (χ0) is 13.8. The van der Waals surface area contributed by atoms with Gasteiger partial charge in [0.15, 0.2) is 0 Å². The van der Waals surface area contributed by atoms with Crippen LogP contribution in [0, 0.1) is 5.92 Å². The first-order valence-corrected chi connectivity index (χ1v) is 7.25. The van der Waals surface area contributed by atoms with Crippen molar-refractivity contribution in [3.63, 3.8) is 0 Å². The number of aromatic hydroxyl groups is 1. The Balaban J connectivity index is 1.99. The Morgan fingerprint density at radius 3 is 2.68 bits per heavy atom. The smallest absolute Gasteiger partial charge is 0.255 e. The summed E-state index contributed by atoms with van der Waals surface area (Å²) in [5, 5.41) is 13.1. The van der Waals surface area contributed by atoms with Crippen LogP contribution < -0.4 is 5.32 Å². The van der Waals surface area contributed by atoms with E-state index in [1.165, 1.54) is 38.2 Å². The van der Waals surface area contributed by atoms with E-state index in [-0.39, 0.29) is 23.3 Å². The SMILES string of the molecule is CC(NC(=O)c1ccc(Cl)cc1O)C1CCCCC1. The van der Waals surface area contributed by atoms with Gasteiger partial charge in [-0.3, -0.25) is 4.79 Å². The highest BCUT2D eigenvalue weighted by Crippen LogP contribution is 2.27. The van der Waals surface area contributed by atoms with Crippen LogP contribution in [0.15, 0.2) is 18.2 Å². The fraction of sp³-hybridized carbons (Fsp3) is 0.533. The molecular weight excluding hydrogens is 262 g/mol. The van der Waals surface area contributed by atoms with Gasteiger partial charge in [0.2, 0.25) is 0 Å². The molecule has 0 bridgehead atoms. The van der Waals surface area contributed by atoms with Gasteiger partial charge < -0.3 is 10.4 Å². The molecule has 2 N–H and O–H groups in total. The van der Waals surface area contributed by atoms with Crippen molar-refractivity contribution in [3.8, 4) is 5.75 Å². The van der Waals surface area contributed by atoms with Gasteiger partial charge in [0.1, 0.15) is 5.75 Å². The van der Waals surface area contributed by atoms with Gasteiger partial charge in [0.25, 0.3) is 5.91 Å². The molecule has 1 aliphatic rings. The summed E-state index contributed by atoms with van der Waals surface area (Å²) in [4.78, 5) is 12.1. The lowest BCUT2D eigenvalue weighted by Gasteiger charge is -2.28. The van der Waals surface area contributed by atoms with Crippen molar-refractivity contribution in [2.24, 2.45) is 5.92 Å². The summed E-state index contributed by atoms with van der Waals surface area (Å²) in [7, 11) is 0. The highest BCUT2D eigenvalue weighted by Gasteiger charge is 2.22. The number of rotatable bonds is 3. The summed E-state index contributed by atoms with van der Waals surface area (Å²) in [6.45, 7) is 2.04. The minimum Gasteiger partial charge on any atom is -0.507 e. The molecule has 0 saturated heterocycles.